The van der Waals surface area contributed by atoms with Crippen LogP contribution in [0.15, 0.2) is 30.5 Å². The third-order valence-electron chi connectivity index (χ3n) is 2.48. The molecule has 0 bridgehead atoms. The second kappa shape index (κ2) is 3.81. The van der Waals surface area contributed by atoms with Gasteiger partial charge in [0.05, 0.1) is 5.52 Å². The highest BCUT2D eigenvalue weighted by molar-refractivity contribution is 5.84. The van der Waals surface area contributed by atoms with Gasteiger partial charge in [-0.1, -0.05) is 6.07 Å². The summed E-state index contributed by atoms with van der Waals surface area (Å²) in [5, 5.41) is 1.14. The van der Waals surface area contributed by atoms with E-state index in [9.17, 15) is 4.79 Å². The molecule has 0 radical (unpaired) electrons. The van der Waals surface area contributed by atoms with Gasteiger partial charge in [-0.3, -0.25) is 9.78 Å². The van der Waals surface area contributed by atoms with Gasteiger partial charge < -0.3 is 0 Å². The molecule has 2 rings (SSSR count). The third-order valence-corrected chi connectivity index (χ3v) is 2.48. The molecule has 2 nitrogen and oxygen atoms in total. The van der Waals surface area contributed by atoms with Crippen molar-refractivity contribution in [2.24, 2.45) is 0 Å². The average molecular weight is 199 g/mol. The van der Waals surface area contributed by atoms with Crippen LogP contribution in [-0.4, -0.2) is 10.8 Å². The van der Waals surface area contributed by atoms with Crippen LogP contribution >= 0.6 is 0 Å². The maximum Gasteiger partial charge on any atom is 0.134 e. The van der Waals surface area contributed by atoms with Gasteiger partial charge in [0.2, 0.25) is 0 Å². The van der Waals surface area contributed by atoms with Gasteiger partial charge in [-0.2, -0.15) is 0 Å². The zero-order valence-electron chi connectivity index (χ0n) is 8.95. The Bertz CT molecular complexity index is 517. The number of ketones is 1. The molecule has 76 valence electrons. The number of carbonyl (C=O) groups is 1. The normalized spacial score (nSPS) is 10.5. The fraction of sp³-hybridized carbons (Fsp3) is 0.231. The minimum Gasteiger partial charge on any atom is -0.300 e. The lowest BCUT2D eigenvalue weighted by Crippen LogP contribution is -1.96. The van der Waals surface area contributed by atoms with Crippen molar-refractivity contribution in [2.45, 2.75) is 20.3 Å². The van der Waals surface area contributed by atoms with Gasteiger partial charge in [-0.05, 0) is 43.2 Å². The first kappa shape index (κ1) is 9.84. The molecule has 2 aromatic rings. The van der Waals surface area contributed by atoms with Crippen molar-refractivity contribution in [1.29, 1.82) is 0 Å². The molecule has 2 heteroatoms. The molecule has 0 aliphatic carbocycles. The predicted molar refractivity (Wildman–Crippen MR) is 60.9 cm³/mol. The van der Waals surface area contributed by atoms with Gasteiger partial charge >= 0.3 is 0 Å². The lowest BCUT2D eigenvalue weighted by Gasteiger charge is -2.03. The Labute approximate surface area is 89.0 Å². The highest BCUT2D eigenvalue weighted by Crippen LogP contribution is 2.17. The summed E-state index contributed by atoms with van der Waals surface area (Å²) in [7, 11) is 0. The molecular formula is C13H13NO. The Morgan fingerprint density at radius 2 is 2.13 bits per heavy atom. The number of benzene rings is 1. The largest absolute Gasteiger partial charge is 0.300 e. The van der Waals surface area contributed by atoms with Crippen LogP contribution in [0.25, 0.3) is 10.9 Å². The van der Waals surface area contributed by atoms with E-state index in [4.69, 9.17) is 0 Å². The van der Waals surface area contributed by atoms with Gasteiger partial charge in [-0.25, -0.2) is 0 Å². The first-order chi connectivity index (χ1) is 7.16. The Morgan fingerprint density at radius 1 is 1.33 bits per heavy atom. The van der Waals surface area contributed by atoms with E-state index in [2.05, 4.69) is 18.0 Å². The van der Waals surface area contributed by atoms with E-state index in [0.717, 1.165) is 16.5 Å². The second-order valence-corrected chi connectivity index (χ2v) is 3.86. The summed E-state index contributed by atoms with van der Waals surface area (Å²) in [4.78, 5) is 15.3. The minimum absolute atomic E-state index is 0.191. The monoisotopic (exact) mass is 199 g/mol. The SMILES string of the molecule is CC(=O)Cc1ccc2nccc(C)c2c1. The lowest BCUT2D eigenvalue weighted by molar-refractivity contribution is -0.116. The first-order valence-electron chi connectivity index (χ1n) is 5.00. The maximum atomic E-state index is 11.0. The topological polar surface area (TPSA) is 30.0 Å². The highest BCUT2D eigenvalue weighted by atomic mass is 16.1. The van der Waals surface area contributed by atoms with Crippen molar-refractivity contribution >= 4 is 16.7 Å². The maximum absolute atomic E-state index is 11.0. The lowest BCUT2D eigenvalue weighted by atomic mass is 10.0. The Hall–Kier alpha value is -1.70. The fourth-order valence-electron chi connectivity index (χ4n) is 1.73. The molecule has 0 N–H and O–H groups in total. The van der Waals surface area contributed by atoms with Crippen molar-refractivity contribution in [3.05, 3.63) is 41.6 Å². The molecule has 15 heavy (non-hydrogen) atoms. The number of carbonyl (C=O) groups excluding carboxylic acids is 1. The van der Waals surface area contributed by atoms with E-state index in [1.807, 2.05) is 24.4 Å². The molecule has 0 aliphatic rings. The zero-order valence-corrected chi connectivity index (χ0v) is 8.95. The summed E-state index contributed by atoms with van der Waals surface area (Å²) in [6.45, 7) is 3.67. The van der Waals surface area contributed by atoms with E-state index < -0.39 is 0 Å². The van der Waals surface area contributed by atoms with Crippen LogP contribution in [0.3, 0.4) is 0 Å². The van der Waals surface area contributed by atoms with Gasteiger partial charge in [0.25, 0.3) is 0 Å². The molecule has 1 heterocycles. The standard InChI is InChI=1S/C13H13NO/c1-9-5-6-14-13-4-3-11(7-10(2)15)8-12(9)13/h3-6,8H,7H2,1-2H3. The third kappa shape index (κ3) is 2.04. The average Bonchev–Trinajstić information content (AvgIpc) is 2.18. The quantitative estimate of drug-likeness (QED) is 0.744. The number of rotatable bonds is 2. The Balaban J connectivity index is 2.54. The molecule has 1 aromatic carbocycles. The molecule has 0 aliphatic heterocycles. The number of fused-ring (bicyclic) bond motifs is 1. The zero-order chi connectivity index (χ0) is 10.8. The number of nitrogens with zero attached hydrogens (tertiary/aromatic N) is 1. The number of hydrogen-bond acceptors (Lipinski definition) is 2. The Kier molecular flexibility index (Phi) is 2.50. The van der Waals surface area contributed by atoms with Gasteiger partial charge in [0.15, 0.2) is 0 Å². The molecule has 0 saturated carbocycles. The summed E-state index contributed by atoms with van der Waals surface area (Å²) in [5.74, 6) is 0.191. The summed E-state index contributed by atoms with van der Waals surface area (Å²) >= 11 is 0. The van der Waals surface area contributed by atoms with Crippen LogP contribution in [0.4, 0.5) is 0 Å². The summed E-state index contributed by atoms with van der Waals surface area (Å²) in [6.07, 6.45) is 2.31. The predicted octanol–water partition coefficient (Wildman–Crippen LogP) is 2.67. The van der Waals surface area contributed by atoms with Gasteiger partial charge in [-0.15, -0.1) is 0 Å². The van der Waals surface area contributed by atoms with Crippen molar-refractivity contribution in [3.63, 3.8) is 0 Å². The van der Waals surface area contributed by atoms with Crippen LogP contribution in [0.2, 0.25) is 0 Å². The highest BCUT2D eigenvalue weighted by Gasteiger charge is 2.01. The first-order valence-corrected chi connectivity index (χ1v) is 5.00. The van der Waals surface area contributed by atoms with Crippen molar-refractivity contribution < 1.29 is 4.79 Å². The molecule has 1 aromatic heterocycles. The van der Waals surface area contributed by atoms with Crippen molar-refractivity contribution in [2.75, 3.05) is 0 Å². The summed E-state index contributed by atoms with van der Waals surface area (Å²) in [5.41, 5.74) is 3.25. The number of aryl methyl sites for hydroxylation is 1. The van der Waals surface area contributed by atoms with Crippen LogP contribution in [0, 0.1) is 6.92 Å². The molecule has 0 atom stereocenters. The minimum atomic E-state index is 0.191. The number of Topliss-reactive ketones (excluding diaryl/α,β-unsaturated/α-hetero) is 1. The van der Waals surface area contributed by atoms with E-state index in [1.54, 1.807) is 6.92 Å². The summed E-state index contributed by atoms with van der Waals surface area (Å²) in [6, 6.07) is 7.98. The van der Waals surface area contributed by atoms with Crippen molar-refractivity contribution in [3.8, 4) is 0 Å². The molecule has 0 saturated heterocycles. The van der Waals surface area contributed by atoms with Gasteiger partial charge in [0, 0.05) is 18.0 Å². The molecule has 0 fully saturated rings. The fourth-order valence-corrected chi connectivity index (χ4v) is 1.73. The van der Waals surface area contributed by atoms with E-state index in [1.165, 1.54) is 5.56 Å². The van der Waals surface area contributed by atoms with E-state index >= 15 is 0 Å². The molecule has 0 unspecified atom stereocenters. The van der Waals surface area contributed by atoms with Gasteiger partial charge in [0.1, 0.15) is 5.78 Å². The summed E-state index contributed by atoms with van der Waals surface area (Å²) < 4.78 is 0. The number of hydrogen-bond donors (Lipinski definition) is 0. The van der Waals surface area contributed by atoms with E-state index in [-0.39, 0.29) is 5.78 Å². The Morgan fingerprint density at radius 3 is 2.87 bits per heavy atom. The molecule has 0 amide bonds. The van der Waals surface area contributed by atoms with E-state index in [0.29, 0.717) is 6.42 Å². The van der Waals surface area contributed by atoms with Crippen LogP contribution in [0.5, 0.6) is 0 Å². The number of aromatic nitrogens is 1. The number of pyridine rings is 1. The van der Waals surface area contributed by atoms with Crippen LogP contribution in [-0.2, 0) is 11.2 Å². The molecular weight excluding hydrogens is 186 g/mol. The smallest absolute Gasteiger partial charge is 0.134 e. The second-order valence-electron chi connectivity index (χ2n) is 3.86. The van der Waals surface area contributed by atoms with Crippen molar-refractivity contribution in [1.82, 2.24) is 4.98 Å². The van der Waals surface area contributed by atoms with Crippen LogP contribution < -0.4 is 0 Å². The molecule has 0 spiro atoms. The van der Waals surface area contributed by atoms with Crippen LogP contribution in [0.1, 0.15) is 18.1 Å².